The Bertz CT molecular complexity index is 1430. The van der Waals surface area contributed by atoms with Gasteiger partial charge in [0.15, 0.2) is 11.5 Å². The molecule has 0 aliphatic carbocycles. The van der Waals surface area contributed by atoms with E-state index in [0.717, 1.165) is 14.5 Å². The fourth-order valence-corrected chi connectivity index (χ4v) is 4.37. The molecule has 0 aromatic heterocycles. The molecule has 174 valence electrons. The average Bonchev–Trinajstić information content (AvgIpc) is 2.87. The second-order valence-electron chi connectivity index (χ2n) is 7.72. The van der Waals surface area contributed by atoms with Crippen LogP contribution >= 0.6 is 22.6 Å². The number of hydrogen-bond donors (Lipinski definition) is 1. The Morgan fingerprint density at radius 1 is 0.971 bits per heavy atom. The lowest BCUT2D eigenvalue weighted by molar-refractivity contribution is -0.112. The van der Waals surface area contributed by atoms with E-state index in [1.807, 2.05) is 49.4 Å². The Hall–Kier alpha value is -3.83. The second kappa shape index (κ2) is 11.5. The van der Waals surface area contributed by atoms with E-state index in [2.05, 4.69) is 58.2 Å². The summed E-state index contributed by atoms with van der Waals surface area (Å²) in [5.74, 6) is 0.723. The van der Waals surface area contributed by atoms with Crippen LogP contribution in [-0.4, -0.2) is 12.5 Å². The van der Waals surface area contributed by atoms with Gasteiger partial charge in [0.1, 0.15) is 18.2 Å². The van der Waals surface area contributed by atoms with E-state index < -0.39 is 5.91 Å². The summed E-state index contributed by atoms with van der Waals surface area (Å²) in [6.07, 6.45) is 1.55. The van der Waals surface area contributed by atoms with Gasteiger partial charge in [-0.25, -0.2) is 0 Å². The first-order valence-corrected chi connectivity index (χ1v) is 12.2. The van der Waals surface area contributed by atoms with Crippen molar-refractivity contribution in [1.82, 2.24) is 0 Å². The van der Waals surface area contributed by atoms with Gasteiger partial charge in [0, 0.05) is 5.69 Å². The zero-order valence-electron chi connectivity index (χ0n) is 19.1. The number of rotatable bonds is 8. The van der Waals surface area contributed by atoms with Gasteiger partial charge in [-0.3, -0.25) is 4.79 Å². The zero-order valence-corrected chi connectivity index (χ0v) is 21.3. The fraction of sp³-hybridized carbons (Fsp3) is 0.103. The third kappa shape index (κ3) is 6.19. The number of halogens is 1. The van der Waals surface area contributed by atoms with Crippen molar-refractivity contribution in [1.29, 1.82) is 5.26 Å². The van der Waals surface area contributed by atoms with E-state index >= 15 is 0 Å². The van der Waals surface area contributed by atoms with Gasteiger partial charge in [0.2, 0.25) is 0 Å². The molecule has 1 amide bonds. The topological polar surface area (TPSA) is 71.3 Å². The highest BCUT2D eigenvalue weighted by molar-refractivity contribution is 14.1. The lowest BCUT2D eigenvalue weighted by Gasteiger charge is -2.15. The molecule has 4 rings (SSSR count). The Morgan fingerprint density at radius 2 is 1.71 bits per heavy atom. The Kier molecular flexibility index (Phi) is 8.01. The molecule has 0 atom stereocenters. The maximum atomic E-state index is 12.6. The van der Waals surface area contributed by atoms with Crippen LogP contribution in [0.5, 0.6) is 11.5 Å². The molecule has 4 aromatic rings. The molecule has 0 bridgehead atoms. The molecule has 0 radical (unpaired) electrons. The first-order chi connectivity index (χ1) is 17.1. The predicted octanol–water partition coefficient (Wildman–Crippen LogP) is 6.97. The van der Waals surface area contributed by atoms with E-state index in [1.165, 1.54) is 5.39 Å². The van der Waals surface area contributed by atoms with Crippen molar-refractivity contribution >= 4 is 51.0 Å². The van der Waals surface area contributed by atoms with Crippen LogP contribution in [0.15, 0.2) is 90.5 Å². The molecule has 1 N–H and O–H groups in total. The van der Waals surface area contributed by atoms with Gasteiger partial charge in [-0.15, -0.1) is 0 Å². The first-order valence-electron chi connectivity index (χ1n) is 11.1. The van der Waals surface area contributed by atoms with E-state index in [-0.39, 0.29) is 5.57 Å². The smallest absolute Gasteiger partial charge is 0.266 e. The van der Waals surface area contributed by atoms with Crippen LogP contribution in [0, 0.1) is 14.9 Å². The van der Waals surface area contributed by atoms with E-state index in [0.29, 0.717) is 36.0 Å². The number of fused-ring (bicyclic) bond motifs is 1. The lowest BCUT2D eigenvalue weighted by Crippen LogP contribution is -2.13. The number of carbonyl (C=O) groups excluding carboxylic acids is 1. The molecule has 5 nitrogen and oxygen atoms in total. The van der Waals surface area contributed by atoms with Crippen molar-refractivity contribution < 1.29 is 14.3 Å². The number of nitrogens with one attached hydrogen (secondary N) is 1. The van der Waals surface area contributed by atoms with Crippen LogP contribution in [0.25, 0.3) is 16.8 Å². The van der Waals surface area contributed by atoms with Crippen molar-refractivity contribution in [2.75, 3.05) is 11.9 Å². The number of amides is 1. The van der Waals surface area contributed by atoms with E-state index in [9.17, 15) is 10.1 Å². The van der Waals surface area contributed by atoms with E-state index in [1.54, 1.807) is 24.3 Å². The highest BCUT2D eigenvalue weighted by Gasteiger charge is 2.15. The van der Waals surface area contributed by atoms with Crippen molar-refractivity contribution in [3.63, 3.8) is 0 Å². The van der Waals surface area contributed by atoms with Crippen LogP contribution in [0.3, 0.4) is 0 Å². The quantitative estimate of drug-likeness (QED) is 0.140. The number of nitriles is 1. The maximum absolute atomic E-state index is 12.6. The first kappa shape index (κ1) is 24.3. The number of anilines is 1. The average molecular weight is 574 g/mol. The summed E-state index contributed by atoms with van der Waals surface area (Å²) in [6, 6.07) is 29.1. The molecule has 4 aromatic carbocycles. The molecule has 0 heterocycles. The van der Waals surface area contributed by atoms with Crippen molar-refractivity contribution in [2.45, 2.75) is 13.5 Å². The molecule has 0 saturated carbocycles. The Morgan fingerprint density at radius 3 is 2.46 bits per heavy atom. The van der Waals surface area contributed by atoms with Gasteiger partial charge in [0.05, 0.1) is 10.2 Å². The summed E-state index contributed by atoms with van der Waals surface area (Å²) >= 11 is 2.19. The molecule has 0 aliphatic rings. The van der Waals surface area contributed by atoms with Crippen LogP contribution in [-0.2, 0) is 11.4 Å². The Balaban J connectivity index is 1.56. The molecular weight excluding hydrogens is 551 g/mol. The summed E-state index contributed by atoms with van der Waals surface area (Å²) in [4.78, 5) is 12.6. The highest BCUT2D eigenvalue weighted by Crippen LogP contribution is 2.35. The molecule has 0 unspecified atom stereocenters. The molecule has 0 aliphatic heterocycles. The minimum Gasteiger partial charge on any atom is -0.490 e. The predicted molar refractivity (Wildman–Crippen MR) is 147 cm³/mol. The van der Waals surface area contributed by atoms with Gasteiger partial charge in [0.25, 0.3) is 5.91 Å². The van der Waals surface area contributed by atoms with E-state index in [4.69, 9.17) is 9.47 Å². The Labute approximate surface area is 218 Å². The summed E-state index contributed by atoms with van der Waals surface area (Å²) in [5, 5.41) is 14.7. The molecule has 35 heavy (non-hydrogen) atoms. The van der Waals surface area contributed by atoms with Crippen LogP contribution in [0.4, 0.5) is 5.69 Å². The normalized spacial score (nSPS) is 11.1. The van der Waals surface area contributed by atoms with Gasteiger partial charge in [-0.05, 0) is 87.8 Å². The highest BCUT2D eigenvalue weighted by atomic mass is 127. The number of ether oxygens (including phenoxy) is 2. The monoisotopic (exact) mass is 574 g/mol. The lowest BCUT2D eigenvalue weighted by atomic mass is 10.1. The number of nitrogens with zero attached hydrogens (tertiary/aromatic N) is 1. The third-order valence-electron chi connectivity index (χ3n) is 5.24. The van der Waals surface area contributed by atoms with Crippen LogP contribution in [0.1, 0.15) is 18.1 Å². The van der Waals surface area contributed by atoms with Crippen LogP contribution in [0.2, 0.25) is 0 Å². The molecule has 0 saturated heterocycles. The number of carbonyl (C=O) groups is 1. The fourth-order valence-electron chi connectivity index (χ4n) is 3.59. The molecule has 6 heteroatoms. The summed E-state index contributed by atoms with van der Waals surface area (Å²) in [6.45, 7) is 2.74. The number of hydrogen-bond acceptors (Lipinski definition) is 4. The summed E-state index contributed by atoms with van der Waals surface area (Å²) < 4.78 is 12.8. The number of benzene rings is 4. The molecule has 0 fully saturated rings. The van der Waals surface area contributed by atoms with Gasteiger partial charge < -0.3 is 14.8 Å². The minimum absolute atomic E-state index is 0.00284. The summed E-state index contributed by atoms with van der Waals surface area (Å²) in [5.41, 5.74) is 2.35. The minimum atomic E-state index is -0.469. The summed E-state index contributed by atoms with van der Waals surface area (Å²) in [7, 11) is 0. The largest absolute Gasteiger partial charge is 0.490 e. The zero-order chi connectivity index (χ0) is 24.6. The maximum Gasteiger partial charge on any atom is 0.266 e. The molecular formula is C29H23IN2O3. The van der Waals surface area contributed by atoms with Gasteiger partial charge in [-0.2, -0.15) is 5.26 Å². The van der Waals surface area contributed by atoms with Crippen molar-refractivity contribution in [2.24, 2.45) is 0 Å². The molecule has 0 spiro atoms. The van der Waals surface area contributed by atoms with Crippen molar-refractivity contribution in [3.05, 3.63) is 105 Å². The number of para-hydroxylation sites is 1. The van der Waals surface area contributed by atoms with Gasteiger partial charge in [-0.1, -0.05) is 54.6 Å². The SMILES string of the molecule is CCOc1cc(/C=C(\C#N)C(=O)Nc2ccccc2)cc(I)c1OCc1ccc2ccccc2c1. The second-order valence-corrected chi connectivity index (χ2v) is 8.89. The van der Waals surface area contributed by atoms with Gasteiger partial charge >= 0.3 is 0 Å². The third-order valence-corrected chi connectivity index (χ3v) is 6.04. The van der Waals surface area contributed by atoms with Crippen LogP contribution < -0.4 is 14.8 Å². The van der Waals surface area contributed by atoms with Crippen molar-refractivity contribution in [3.8, 4) is 17.6 Å². The standard InChI is InChI=1S/C29H23IN2O3/c1-2-34-27-17-21(15-24(18-31)29(33)32-25-10-4-3-5-11-25)16-26(30)28(27)35-19-20-12-13-22-8-6-7-9-23(22)14-20/h3-17H,2,19H2,1H3,(H,32,33)/b24-15+.